The number of esters is 1. The fourth-order valence-corrected chi connectivity index (χ4v) is 2.60. The van der Waals surface area contributed by atoms with E-state index in [0.29, 0.717) is 0 Å². The van der Waals surface area contributed by atoms with Gasteiger partial charge < -0.3 is 9.15 Å². The molecule has 1 aliphatic carbocycles. The van der Waals surface area contributed by atoms with Gasteiger partial charge in [0.15, 0.2) is 0 Å². The van der Waals surface area contributed by atoms with Crippen LogP contribution in [-0.4, -0.2) is 13.1 Å². The lowest BCUT2D eigenvalue weighted by Gasteiger charge is -2.09. The molecule has 2 aliphatic rings. The van der Waals surface area contributed by atoms with Crippen LogP contribution in [0, 0.1) is 0 Å². The summed E-state index contributed by atoms with van der Waals surface area (Å²) >= 11 is 0. The molecule has 3 nitrogen and oxygen atoms in total. The molecule has 1 aromatic rings. The van der Waals surface area contributed by atoms with Crippen LogP contribution in [0.25, 0.3) is 22.5 Å². The molecule has 1 unspecified atom stereocenters. The van der Waals surface area contributed by atoms with Crippen molar-refractivity contribution in [1.29, 1.82) is 0 Å². The van der Waals surface area contributed by atoms with Crippen molar-refractivity contribution in [1.82, 2.24) is 0 Å². The summed E-state index contributed by atoms with van der Waals surface area (Å²) in [6.07, 6.45) is 1.63. The number of carbonyl (C=O) groups is 1. The van der Waals surface area contributed by atoms with Crippen LogP contribution >= 0.6 is 0 Å². The first kappa shape index (κ1) is 13.4. The Morgan fingerprint density at radius 1 is 1.10 bits per heavy atom. The maximum Gasteiger partial charge on any atom is 0.312 e. The largest absolute Gasteiger partial charge is 0.469 e. The summed E-state index contributed by atoms with van der Waals surface area (Å²) in [6, 6.07) is 16.0. The lowest BCUT2D eigenvalue weighted by atomic mass is 10.0. The molecule has 0 radical (unpaired) electrons. The van der Waals surface area contributed by atoms with Crippen molar-refractivity contribution < 1.29 is 13.9 Å². The van der Waals surface area contributed by atoms with Gasteiger partial charge in [0.05, 0.1) is 19.3 Å². The first-order valence-corrected chi connectivity index (χ1v) is 6.85. The molecule has 3 heteroatoms. The monoisotopic (exact) mass is 280 g/mol. The Bertz CT molecular complexity index is 727. The van der Waals surface area contributed by atoms with Crippen molar-refractivity contribution in [2.75, 3.05) is 7.11 Å². The minimum Gasteiger partial charge on any atom is -0.469 e. The number of carbonyl (C=O) groups excluding carboxylic acids is 1. The lowest BCUT2D eigenvalue weighted by Crippen LogP contribution is -2.10. The fourth-order valence-electron chi connectivity index (χ4n) is 2.60. The minimum atomic E-state index is -0.360. The topological polar surface area (TPSA) is 39.4 Å². The Kier molecular flexibility index (Phi) is 3.48. The highest BCUT2D eigenvalue weighted by atomic mass is 16.5. The maximum absolute atomic E-state index is 11.8. The molecule has 0 amide bonds. The molecule has 0 fully saturated rings. The normalized spacial score (nSPS) is 12.3. The quantitative estimate of drug-likeness (QED) is 0.670. The zero-order valence-corrected chi connectivity index (χ0v) is 12.0. The Hall–Kier alpha value is -2.55. The first-order chi connectivity index (χ1) is 10.2. The summed E-state index contributed by atoms with van der Waals surface area (Å²) in [5.74, 6) is 0.121. The van der Waals surface area contributed by atoms with Gasteiger partial charge in [0.1, 0.15) is 5.76 Å². The third kappa shape index (κ3) is 2.31. The number of fused-ring (bicyclic) bond motifs is 1. The molecule has 3 rings (SSSR count). The highest BCUT2D eigenvalue weighted by molar-refractivity contribution is 5.90. The highest BCUT2D eigenvalue weighted by Gasteiger charge is 2.26. The summed E-state index contributed by atoms with van der Waals surface area (Å²) in [5.41, 5.74) is 4.04. The van der Waals surface area contributed by atoms with Gasteiger partial charge in [-0.3, -0.25) is 4.79 Å². The Morgan fingerprint density at radius 3 is 2.57 bits per heavy atom. The van der Waals surface area contributed by atoms with Crippen molar-refractivity contribution in [3.05, 3.63) is 60.4 Å². The Balaban J connectivity index is 2.17. The molecule has 1 atom stereocenters. The van der Waals surface area contributed by atoms with E-state index in [2.05, 4.69) is 0 Å². The van der Waals surface area contributed by atoms with Gasteiger partial charge in [-0.2, -0.15) is 0 Å². The summed E-state index contributed by atoms with van der Waals surface area (Å²) in [7, 11) is 1.40. The smallest absolute Gasteiger partial charge is 0.312 e. The second-order valence-electron chi connectivity index (χ2n) is 4.98. The number of hydrogen-bond acceptors (Lipinski definition) is 3. The summed E-state index contributed by atoms with van der Waals surface area (Å²) < 4.78 is 10.5. The molecule has 0 aromatic heterocycles. The zero-order valence-electron chi connectivity index (χ0n) is 12.0. The van der Waals surface area contributed by atoms with Gasteiger partial charge in [-0.1, -0.05) is 30.3 Å². The minimum absolute atomic E-state index is 0.263. The van der Waals surface area contributed by atoms with Crippen molar-refractivity contribution in [2.24, 2.45) is 0 Å². The van der Waals surface area contributed by atoms with E-state index in [0.717, 1.165) is 28.0 Å². The van der Waals surface area contributed by atoms with Crippen molar-refractivity contribution in [3.8, 4) is 22.5 Å². The highest BCUT2D eigenvalue weighted by Crippen LogP contribution is 2.42. The third-order valence-corrected chi connectivity index (χ3v) is 3.73. The molecule has 0 saturated heterocycles. The van der Waals surface area contributed by atoms with Gasteiger partial charge >= 0.3 is 5.97 Å². The maximum atomic E-state index is 11.8. The van der Waals surface area contributed by atoms with Crippen molar-refractivity contribution >= 4 is 5.97 Å². The van der Waals surface area contributed by atoms with Crippen LogP contribution in [-0.2, 0) is 9.53 Å². The zero-order chi connectivity index (χ0) is 14.8. The van der Waals surface area contributed by atoms with Crippen LogP contribution in [0.4, 0.5) is 0 Å². The predicted octanol–water partition coefficient (Wildman–Crippen LogP) is 4.33. The van der Waals surface area contributed by atoms with Gasteiger partial charge in [0.2, 0.25) is 0 Å². The lowest BCUT2D eigenvalue weighted by molar-refractivity contribution is -0.142. The van der Waals surface area contributed by atoms with Gasteiger partial charge in [0.25, 0.3) is 0 Å². The average Bonchev–Trinajstić information content (AvgIpc) is 2.94. The van der Waals surface area contributed by atoms with Crippen LogP contribution in [0.2, 0.25) is 0 Å². The number of benzene rings is 1. The van der Waals surface area contributed by atoms with Crippen LogP contribution in [0.15, 0.2) is 59.2 Å². The van der Waals surface area contributed by atoms with E-state index in [-0.39, 0.29) is 11.9 Å². The van der Waals surface area contributed by atoms with Gasteiger partial charge in [-0.25, -0.2) is 0 Å². The van der Waals surface area contributed by atoms with Crippen LogP contribution in [0.5, 0.6) is 0 Å². The van der Waals surface area contributed by atoms with E-state index in [4.69, 9.17) is 9.15 Å². The molecule has 1 heterocycles. The average molecular weight is 280 g/mol. The summed E-state index contributed by atoms with van der Waals surface area (Å²) in [6.45, 7) is 1.83. The van der Waals surface area contributed by atoms with Crippen LogP contribution < -0.4 is 0 Å². The SMILES string of the molecule is COC(=O)C(C)c1cc(-c2ccccc2)c2cccoc1-2. The van der Waals surface area contributed by atoms with E-state index < -0.39 is 0 Å². The molecule has 106 valence electrons. The Labute approximate surface area is 123 Å². The molecule has 0 spiro atoms. The molecule has 0 saturated carbocycles. The second kappa shape index (κ2) is 5.44. The number of hydrogen-bond donors (Lipinski definition) is 0. The predicted molar refractivity (Wildman–Crippen MR) is 81.2 cm³/mol. The molecule has 21 heavy (non-hydrogen) atoms. The van der Waals surface area contributed by atoms with E-state index >= 15 is 0 Å². The molecule has 1 aliphatic heterocycles. The summed E-state index contributed by atoms with van der Waals surface area (Å²) in [5, 5.41) is 0. The number of methoxy groups -OCH3 is 1. The fraction of sp³-hybridized carbons (Fsp3) is 0.167. The van der Waals surface area contributed by atoms with Gasteiger partial charge in [0, 0.05) is 11.1 Å². The number of rotatable bonds is 3. The second-order valence-corrected chi connectivity index (χ2v) is 4.98. The van der Waals surface area contributed by atoms with E-state index in [1.165, 1.54) is 7.11 Å². The van der Waals surface area contributed by atoms with Crippen molar-refractivity contribution in [3.63, 3.8) is 0 Å². The standard InChI is InChI=1S/C18H16O3/c1-12(18(19)20-2)15-11-16(13-7-4-3-5-8-13)14-9-6-10-21-17(14)15/h3-12H,1-2H3. The molecular weight excluding hydrogens is 264 g/mol. The van der Waals surface area contributed by atoms with Gasteiger partial charge in [-0.15, -0.1) is 0 Å². The third-order valence-electron chi connectivity index (χ3n) is 3.73. The van der Waals surface area contributed by atoms with Crippen LogP contribution in [0.3, 0.4) is 0 Å². The molecule has 0 N–H and O–H groups in total. The number of ether oxygens (including phenoxy) is 1. The van der Waals surface area contributed by atoms with Gasteiger partial charge in [-0.05, 0) is 36.2 Å². The molecule has 1 aromatic carbocycles. The van der Waals surface area contributed by atoms with E-state index in [1.807, 2.05) is 55.5 Å². The molecule has 0 bridgehead atoms. The van der Waals surface area contributed by atoms with Crippen LogP contribution in [0.1, 0.15) is 18.4 Å². The van der Waals surface area contributed by atoms with Crippen molar-refractivity contribution in [2.45, 2.75) is 12.8 Å². The summed E-state index contributed by atoms with van der Waals surface area (Å²) in [4.78, 5) is 11.8. The molecular formula is C18H16O3. The van der Waals surface area contributed by atoms with E-state index in [9.17, 15) is 4.79 Å². The van der Waals surface area contributed by atoms with E-state index in [1.54, 1.807) is 6.26 Å². The Morgan fingerprint density at radius 2 is 1.86 bits per heavy atom. The first-order valence-electron chi connectivity index (χ1n) is 6.85.